The third-order valence-electron chi connectivity index (χ3n) is 3.69. The van der Waals surface area contributed by atoms with E-state index in [0.29, 0.717) is 11.8 Å². The SMILES string of the molecule is Cc1noc(NCCCN(C)C2CCCCC2)n1. The van der Waals surface area contributed by atoms with Crippen LogP contribution in [-0.4, -0.2) is 41.2 Å². The molecule has 102 valence electrons. The maximum atomic E-state index is 5.00. The number of aryl methyl sites for hydroxylation is 1. The van der Waals surface area contributed by atoms with Crippen molar-refractivity contribution in [1.29, 1.82) is 0 Å². The minimum Gasteiger partial charge on any atom is -0.338 e. The molecule has 0 bridgehead atoms. The van der Waals surface area contributed by atoms with Gasteiger partial charge in [-0.25, -0.2) is 0 Å². The quantitative estimate of drug-likeness (QED) is 0.788. The van der Waals surface area contributed by atoms with Gasteiger partial charge >= 0.3 is 6.01 Å². The first-order chi connectivity index (χ1) is 8.75. The van der Waals surface area contributed by atoms with Gasteiger partial charge in [0.2, 0.25) is 0 Å². The van der Waals surface area contributed by atoms with Crippen LogP contribution in [0.4, 0.5) is 6.01 Å². The van der Waals surface area contributed by atoms with Gasteiger partial charge in [0.25, 0.3) is 0 Å². The van der Waals surface area contributed by atoms with Crippen LogP contribution in [0.3, 0.4) is 0 Å². The van der Waals surface area contributed by atoms with E-state index in [1.54, 1.807) is 0 Å². The number of hydrogen-bond donors (Lipinski definition) is 1. The van der Waals surface area contributed by atoms with Crippen LogP contribution in [0, 0.1) is 6.92 Å². The minimum atomic E-state index is 0.535. The molecule has 1 aromatic heterocycles. The summed E-state index contributed by atoms with van der Waals surface area (Å²) in [6.45, 7) is 3.84. The van der Waals surface area contributed by atoms with Crippen LogP contribution in [0.5, 0.6) is 0 Å². The first kappa shape index (κ1) is 13.3. The Morgan fingerprint density at radius 1 is 1.33 bits per heavy atom. The molecule has 5 nitrogen and oxygen atoms in total. The van der Waals surface area contributed by atoms with Crippen molar-refractivity contribution in [3.8, 4) is 0 Å². The van der Waals surface area contributed by atoms with Crippen LogP contribution in [0.1, 0.15) is 44.3 Å². The molecular formula is C13H24N4O. The number of aromatic nitrogens is 2. The van der Waals surface area contributed by atoms with Gasteiger partial charge in [-0.2, -0.15) is 4.98 Å². The molecule has 1 saturated carbocycles. The van der Waals surface area contributed by atoms with E-state index in [-0.39, 0.29) is 0 Å². The predicted octanol–water partition coefficient (Wildman–Crippen LogP) is 2.44. The zero-order valence-corrected chi connectivity index (χ0v) is 11.5. The largest absolute Gasteiger partial charge is 0.338 e. The highest BCUT2D eigenvalue weighted by atomic mass is 16.5. The van der Waals surface area contributed by atoms with Crippen molar-refractivity contribution >= 4 is 6.01 Å². The second kappa shape index (κ2) is 6.73. The van der Waals surface area contributed by atoms with Crippen molar-refractivity contribution in [3.63, 3.8) is 0 Å². The lowest BCUT2D eigenvalue weighted by molar-refractivity contribution is 0.191. The van der Waals surface area contributed by atoms with Crippen molar-refractivity contribution in [2.75, 3.05) is 25.5 Å². The summed E-state index contributed by atoms with van der Waals surface area (Å²) in [6.07, 6.45) is 8.05. The van der Waals surface area contributed by atoms with Gasteiger partial charge in [0.1, 0.15) is 0 Å². The Morgan fingerprint density at radius 2 is 2.11 bits per heavy atom. The molecule has 0 aliphatic heterocycles. The molecule has 1 aromatic rings. The van der Waals surface area contributed by atoms with Gasteiger partial charge in [0, 0.05) is 12.6 Å². The molecule has 1 fully saturated rings. The predicted molar refractivity (Wildman–Crippen MR) is 71.6 cm³/mol. The molecule has 1 N–H and O–H groups in total. The highest BCUT2D eigenvalue weighted by Gasteiger charge is 2.17. The van der Waals surface area contributed by atoms with Crippen molar-refractivity contribution < 1.29 is 4.52 Å². The average molecular weight is 252 g/mol. The maximum absolute atomic E-state index is 5.00. The fourth-order valence-electron chi connectivity index (χ4n) is 2.60. The molecule has 0 spiro atoms. The Bertz CT molecular complexity index is 347. The van der Waals surface area contributed by atoms with Crippen LogP contribution in [-0.2, 0) is 0 Å². The fourth-order valence-corrected chi connectivity index (χ4v) is 2.60. The van der Waals surface area contributed by atoms with Crippen LogP contribution >= 0.6 is 0 Å². The summed E-state index contributed by atoms with van der Waals surface area (Å²) in [7, 11) is 2.24. The lowest BCUT2D eigenvalue weighted by Crippen LogP contribution is -2.34. The van der Waals surface area contributed by atoms with E-state index >= 15 is 0 Å². The van der Waals surface area contributed by atoms with Gasteiger partial charge in [-0.15, -0.1) is 0 Å². The van der Waals surface area contributed by atoms with Gasteiger partial charge in [-0.3, -0.25) is 0 Å². The van der Waals surface area contributed by atoms with E-state index in [1.165, 1.54) is 32.1 Å². The summed E-state index contributed by atoms with van der Waals surface area (Å²) in [5, 5.41) is 6.90. The molecule has 1 aliphatic carbocycles. The first-order valence-electron chi connectivity index (χ1n) is 7.00. The van der Waals surface area contributed by atoms with E-state index in [4.69, 9.17) is 4.52 Å². The Labute approximate surface area is 109 Å². The Morgan fingerprint density at radius 3 is 2.78 bits per heavy atom. The van der Waals surface area contributed by atoms with E-state index < -0.39 is 0 Å². The van der Waals surface area contributed by atoms with Crippen molar-refractivity contribution in [1.82, 2.24) is 15.0 Å². The molecule has 1 aliphatic rings. The highest BCUT2D eigenvalue weighted by Crippen LogP contribution is 2.21. The Balaban J connectivity index is 1.59. The number of rotatable bonds is 6. The zero-order chi connectivity index (χ0) is 12.8. The van der Waals surface area contributed by atoms with Gasteiger partial charge in [-0.05, 0) is 39.8 Å². The van der Waals surface area contributed by atoms with Crippen LogP contribution in [0.2, 0.25) is 0 Å². The van der Waals surface area contributed by atoms with Gasteiger partial charge in [-0.1, -0.05) is 24.4 Å². The van der Waals surface area contributed by atoms with E-state index in [2.05, 4.69) is 27.4 Å². The molecule has 0 atom stereocenters. The molecule has 0 saturated heterocycles. The molecule has 0 aromatic carbocycles. The summed E-state index contributed by atoms with van der Waals surface area (Å²) in [4.78, 5) is 6.61. The maximum Gasteiger partial charge on any atom is 0.321 e. The second-order valence-corrected chi connectivity index (χ2v) is 5.20. The lowest BCUT2D eigenvalue weighted by Gasteiger charge is -2.31. The topological polar surface area (TPSA) is 54.2 Å². The summed E-state index contributed by atoms with van der Waals surface area (Å²) < 4.78 is 5.00. The number of nitrogens with zero attached hydrogens (tertiary/aromatic N) is 3. The summed E-state index contributed by atoms with van der Waals surface area (Å²) in [5.74, 6) is 0.678. The standard InChI is InChI=1S/C13H24N4O/c1-11-15-13(18-16-11)14-9-6-10-17(2)12-7-4-3-5-8-12/h12H,3-10H2,1-2H3,(H,14,15,16). The third kappa shape index (κ3) is 3.98. The monoisotopic (exact) mass is 252 g/mol. The molecule has 0 radical (unpaired) electrons. The zero-order valence-electron chi connectivity index (χ0n) is 11.5. The van der Waals surface area contributed by atoms with Gasteiger partial charge in [0.15, 0.2) is 5.82 Å². The smallest absolute Gasteiger partial charge is 0.321 e. The van der Waals surface area contributed by atoms with Gasteiger partial charge < -0.3 is 14.7 Å². The summed E-state index contributed by atoms with van der Waals surface area (Å²) in [5.41, 5.74) is 0. The summed E-state index contributed by atoms with van der Waals surface area (Å²) in [6, 6.07) is 1.33. The molecular weight excluding hydrogens is 228 g/mol. The van der Waals surface area contributed by atoms with Crippen LogP contribution in [0.15, 0.2) is 4.52 Å². The molecule has 5 heteroatoms. The van der Waals surface area contributed by atoms with E-state index in [1.807, 2.05) is 6.92 Å². The summed E-state index contributed by atoms with van der Waals surface area (Å²) >= 11 is 0. The fraction of sp³-hybridized carbons (Fsp3) is 0.846. The van der Waals surface area contributed by atoms with Crippen LogP contribution < -0.4 is 5.32 Å². The molecule has 2 rings (SSSR count). The number of anilines is 1. The van der Waals surface area contributed by atoms with Crippen molar-refractivity contribution in [2.24, 2.45) is 0 Å². The van der Waals surface area contributed by atoms with Gasteiger partial charge in [0.05, 0.1) is 0 Å². The number of nitrogens with one attached hydrogen (secondary N) is 1. The molecule has 0 amide bonds. The van der Waals surface area contributed by atoms with Crippen molar-refractivity contribution in [3.05, 3.63) is 5.82 Å². The lowest BCUT2D eigenvalue weighted by atomic mass is 9.94. The first-order valence-corrected chi connectivity index (χ1v) is 7.00. The molecule has 18 heavy (non-hydrogen) atoms. The average Bonchev–Trinajstić information content (AvgIpc) is 2.81. The van der Waals surface area contributed by atoms with E-state index in [9.17, 15) is 0 Å². The normalized spacial score (nSPS) is 17.3. The number of hydrogen-bond acceptors (Lipinski definition) is 5. The molecule has 0 unspecified atom stereocenters. The van der Waals surface area contributed by atoms with Crippen LogP contribution in [0.25, 0.3) is 0 Å². The third-order valence-corrected chi connectivity index (χ3v) is 3.69. The minimum absolute atomic E-state index is 0.535. The molecule has 1 heterocycles. The Kier molecular flexibility index (Phi) is 4.99. The highest BCUT2D eigenvalue weighted by molar-refractivity contribution is 5.17. The van der Waals surface area contributed by atoms with Crippen molar-refractivity contribution in [2.45, 2.75) is 51.5 Å². The van der Waals surface area contributed by atoms with E-state index in [0.717, 1.165) is 25.6 Å². The Hall–Kier alpha value is -1.10. The second-order valence-electron chi connectivity index (χ2n) is 5.20.